The second-order valence-electron chi connectivity index (χ2n) is 5.59. The van der Waals surface area contributed by atoms with E-state index in [0.717, 1.165) is 29.8 Å². The molecule has 5 heteroatoms. The summed E-state index contributed by atoms with van der Waals surface area (Å²) in [6.45, 7) is 6.75. The first-order valence-electron chi connectivity index (χ1n) is 7.71. The molecule has 1 atom stereocenters. The van der Waals surface area contributed by atoms with E-state index in [9.17, 15) is 0 Å². The summed E-state index contributed by atoms with van der Waals surface area (Å²) in [5, 5.41) is 7.65. The van der Waals surface area contributed by atoms with Crippen molar-refractivity contribution in [1.29, 1.82) is 0 Å². The fourth-order valence-electron chi connectivity index (χ4n) is 2.93. The molecule has 0 saturated carbocycles. The topological polar surface area (TPSA) is 53.1 Å². The molecule has 2 N–H and O–H groups in total. The minimum atomic E-state index is 0.665. The predicted molar refractivity (Wildman–Crippen MR) is 87.8 cm³/mol. The molecule has 0 bridgehead atoms. The normalized spacial score (nSPS) is 19.0. The summed E-state index contributed by atoms with van der Waals surface area (Å²) in [5.74, 6) is 2.30. The van der Waals surface area contributed by atoms with Crippen LogP contribution < -0.4 is 10.6 Å². The highest BCUT2D eigenvalue weighted by atomic mass is 15.2. The molecule has 2 heterocycles. The van der Waals surface area contributed by atoms with Crippen LogP contribution in [0.5, 0.6) is 0 Å². The molecule has 1 saturated heterocycles. The Morgan fingerprint density at radius 2 is 2.14 bits per heavy atom. The second-order valence-corrected chi connectivity index (χ2v) is 5.59. The first-order chi connectivity index (χ1) is 10.3. The molecule has 0 aliphatic carbocycles. The molecule has 1 aromatic heterocycles. The zero-order valence-corrected chi connectivity index (χ0v) is 12.8. The Balaban J connectivity index is 1.77. The van der Waals surface area contributed by atoms with Gasteiger partial charge in [-0.15, -0.1) is 0 Å². The van der Waals surface area contributed by atoms with Gasteiger partial charge in [-0.25, -0.2) is 4.98 Å². The molecule has 1 aliphatic rings. The minimum absolute atomic E-state index is 0.665. The predicted octanol–water partition coefficient (Wildman–Crippen LogP) is 2.43. The molecule has 2 aromatic rings. The Morgan fingerprint density at radius 3 is 2.90 bits per heavy atom. The lowest BCUT2D eigenvalue weighted by Crippen LogP contribution is -2.22. The maximum atomic E-state index is 4.57. The van der Waals surface area contributed by atoms with Gasteiger partial charge in [0.15, 0.2) is 0 Å². The number of benzene rings is 1. The molecule has 1 unspecified atom stereocenters. The molecular weight excluding hydrogens is 262 g/mol. The SMILES string of the molecule is CCN1CCC(CNc2nc(NC)nc3ccccc23)C1. The maximum absolute atomic E-state index is 4.57. The van der Waals surface area contributed by atoms with Gasteiger partial charge in [0.2, 0.25) is 5.95 Å². The van der Waals surface area contributed by atoms with Crippen molar-refractivity contribution in [1.82, 2.24) is 14.9 Å². The molecule has 1 aliphatic heterocycles. The van der Waals surface area contributed by atoms with E-state index in [2.05, 4.69) is 38.5 Å². The van der Waals surface area contributed by atoms with Crippen LogP contribution in [0.1, 0.15) is 13.3 Å². The Labute approximate surface area is 125 Å². The molecule has 0 amide bonds. The number of fused-ring (bicyclic) bond motifs is 1. The van der Waals surface area contributed by atoms with Gasteiger partial charge in [-0.2, -0.15) is 4.98 Å². The highest BCUT2D eigenvalue weighted by Crippen LogP contribution is 2.23. The number of hydrogen-bond acceptors (Lipinski definition) is 5. The monoisotopic (exact) mass is 285 g/mol. The molecule has 1 fully saturated rings. The molecule has 5 nitrogen and oxygen atoms in total. The maximum Gasteiger partial charge on any atom is 0.224 e. The van der Waals surface area contributed by atoms with Gasteiger partial charge in [-0.3, -0.25) is 0 Å². The van der Waals surface area contributed by atoms with Crippen LogP contribution >= 0.6 is 0 Å². The lowest BCUT2D eigenvalue weighted by atomic mass is 10.1. The van der Waals surface area contributed by atoms with Crippen LogP contribution in [0.4, 0.5) is 11.8 Å². The fourth-order valence-corrected chi connectivity index (χ4v) is 2.93. The van der Waals surface area contributed by atoms with E-state index in [1.165, 1.54) is 19.5 Å². The van der Waals surface area contributed by atoms with E-state index in [1.807, 2.05) is 25.2 Å². The number of nitrogens with one attached hydrogen (secondary N) is 2. The zero-order chi connectivity index (χ0) is 14.7. The van der Waals surface area contributed by atoms with E-state index in [1.54, 1.807) is 0 Å². The summed E-state index contributed by atoms with van der Waals surface area (Å²) in [7, 11) is 1.85. The van der Waals surface area contributed by atoms with E-state index in [-0.39, 0.29) is 0 Å². The Morgan fingerprint density at radius 1 is 1.29 bits per heavy atom. The van der Waals surface area contributed by atoms with Gasteiger partial charge in [-0.05, 0) is 37.6 Å². The Hall–Kier alpha value is -1.88. The van der Waals surface area contributed by atoms with Crippen molar-refractivity contribution in [3.05, 3.63) is 24.3 Å². The molecule has 21 heavy (non-hydrogen) atoms. The van der Waals surface area contributed by atoms with Crippen molar-refractivity contribution in [2.75, 3.05) is 43.9 Å². The molecule has 0 spiro atoms. The lowest BCUT2D eigenvalue weighted by Gasteiger charge is -2.15. The first-order valence-corrected chi connectivity index (χ1v) is 7.71. The third kappa shape index (κ3) is 3.08. The van der Waals surface area contributed by atoms with Gasteiger partial charge < -0.3 is 15.5 Å². The summed E-state index contributed by atoms with van der Waals surface area (Å²) < 4.78 is 0. The highest BCUT2D eigenvalue weighted by Gasteiger charge is 2.21. The summed E-state index contributed by atoms with van der Waals surface area (Å²) >= 11 is 0. The van der Waals surface area contributed by atoms with Crippen LogP contribution in [0.25, 0.3) is 10.9 Å². The van der Waals surface area contributed by atoms with Gasteiger partial charge >= 0.3 is 0 Å². The van der Waals surface area contributed by atoms with E-state index in [0.29, 0.717) is 11.9 Å². The van der Waals surface area contributed by atoms with Crippen LogP contribution in [-0.2, 0) is 0 Å². The smallest absolute Gasteiger partial charge is 0.224 e. The van der Waals surface area contributed by atoms with Crippen molar-refractivity contribution in [2.24, 2.45) is 5.92 Å². The van der Waals surface area contributed by atoms with Crippen molar-refractivity contribution >= 4 is 22.7 Å². The van der Waals surface area contributed by atoms with Gasteiger partial charge in [0.05, 0.1) is 5.52 Å². The fraction of sp³-hybridized carbons (Fsp3) is 0.500. The second kappa shape index (κ2) is 6.26. The van der Waals surface area contributed by atoms with Crippen LogP contribution in [-0.4, -0.2) is 48.1 Å². The Kier molecular flexibility index (Phi) is 4.20. The van der Waals surface area contributed by atoms with E-state index in [4.69, 9.17) is 0 Å². The van der Waals surface area contributed by atoms with Crippen LogP contribution in [0.15, 0.2) is 24.3 Å². The number of rotatable bonds is 5. The van der Waals surface area contributed by atoms with E-state index >= 15 is 0 Å². The van der Waals surface area contributed by atoms with Crippen molar-refractivity contribution in [3.63, 3.8) is 0 Å². The minimum Gasteiger partial charge on any atom is -0.369 e. The van der Waals surface area contributed by atoms with Gasteiger partial charge in [-0.1, -0.05) is 19.1 Å². The van der Waals surface area contributed by atoms with Crippen LogP contribution in [0.3, 0.4) is 0 Å². The summed E-state index contributed by atoms with van der Waals surface area (Å²) in [4.78, 5) is 11.6. The molecular formula is C16H23N5. The number of para-hydroxylation sites is 1. The average Bonchev–Trinajstić information content (AvgIpc) is 3.00. The first kappa shape index (κ1) is 14.1. The summed E-state index contributed by atoms with van der Waals surface area (Å²) in [6, 6.07) is 8.14. The number of likely N-dealkylation sites (tertiary alicyclic amines) is 1. The summed E-state index contributed by atoms with van der Waals surface area (Å²) in [5.41, 5.74) is 0.973. The van der Waals surface area contributed by atoms with Crippen molar-refractivity contribution in [2.45, 2.75) is 13.3 Å². The number of anilines is 2. The van der Waals surface area contributed by atoms with Crippen LogP contribution in [0, 0.1) is 5.92 Å². The standard InChI is InChI=1S/C16H23N5/c1-3-21-9-8-12(11-21)10-18-15-13-6-4-5-7-14(13)19-16(17-2)20-15/h4-7,12H,3,8-11H2,1-2H3,(H2,17,18,19,20). The Bertz CT molecular complexity index is 613. The summed E-state index contributed by atoms with van der Waals surface area (Å²) in [6.07, 6.45) is 1.27. The lowest BCUT2D eigenvalue weighted by molar-refractivity contribution is 0.345. The van der Waals surface area contributed by atoms with E-state index < -0.39 is 0 Å². The number of hydrogen-bond donors (Lipinski definition) is 2. The third-order valence-electron chi connectivity index (χ3n) is 4.20. The van der Waals surface area contributed by atoms with Crippen molar-refractivity contribution in [3.8, 4) is 0 Å². The number of nitrogens with zero attached hydrogens (tertiary/aromatic N) is 3. The molecule has 112 valence electrons. The molecule has 0 radical (unpaired) electrons. The van der Waals surface area contributed by atoms with Gasteiger partial charge in [0.1, 0.15) is 5.82 Å². The van der Waals surface area contributed by atoms with Crippen LogP contribution in [0.2, 0.25) is 0 Å². The van der Waals surface area contributed by atoms with Gasteiger partial charge in [0.25, 0.3) is 0 Å². The average molecular weight is 285 g/mol. The molecule has 3 rings (SSSR count). The largest absolute Gasteiger partial charge is 0.369 e. The quantitative estimate of drug-likeness (QED) is 0.883. The highest BCUT2D eigenvalue weighted by molar-refractivity contribution is 5.89. The van der Waals surface area contributed by atoms with Crippen molar-refractivity contribution < 1.29 is 0 Å². The third-order valence-corrected chi connectivity index (χ3v) is 4.20. The molecule has 1 aromatic carbocycles. The zero-order valence-electron chi connectivity index (χ0n) is 12.8. The van der Waals surface area contributed by atoms with Gasteiger partial charge in [0, 0.05) is 25.5 Å². The number of aromatic nitrogens is 2.